The molecule has 2 aromatic rings. The molecular formula is C26H31Cl2NO5. The van der Waals surface area contributed by atoms with Gasteiger partial charge in [-0.1, -0.05) is 54.4 Å². The molecule has 1 amide bonds. The number of aliphatic hydroxyl groups is 1. The van der Waals surface area contributed by atoms with Gasteiger partial charge in [-0.15, -0.1) is 0 Å². The zero-order valence-corrected chi connectivity index (χ0v) is 21.3. The average Bonchev–Trinajstić information content (AvgIpc) is 2.76. The van der Waals surface area contributed by atoms with Crippen molar-refractivity contribution in [1.82, 2.24) is 4.90 Å². The van der Waals surface area contributed by atoms with Crippen LogP contribution in [-0.2, 0) is 19.1 Å². The van der Waals surface area contributed by atoms with Gasteiger partial charge in [-0.25, -0.2) is 0 Å². The first kappa shape index (κ1) is 26.5. The van der Waals surface area contributed by atoms with Crippen LogP contribution in [-0.4, -0.2) is 46.2 Å². The molecule has 0 bridgehead atoms. The van der Waals surface area contributed by atoms with Crippen molar-refractivity contribution in [2.24, 2.45) is 0 Å². The van der Waals surface area contributed by atoms with Gasteiger partial charge in [0.05, 0.1) is 25.1 Å². The minimum absolute atomic E-state index is 0.228. The van der Waals surface area contributed by atoms with E-state index in [-0.39, 0.29) is 18.9 Å². The summed E-state index contributed by atoms with van der Waals surface area (Å²) in [6.45, 7) is 6.98. The molecule has 1 unspecified atom stereocenters. The Labute approximate surface area is 210 Å². The molecule has 3 rings (SSSR count). The Morgan fingerprint density at radius 1 is 1.12 bits per heavy atom. The first-order chi connectivity index (χ1) is 16.0. The number of nitrogens with zero attached hydrogens (tertiary/aromatic N) is 1. The summed E-state index contributed by atoms with van der Waals surface area (Å²) in [7, 11) is 0. The van der Waals surface area contributed by atoms with Crippen molar-refractivity contribution < 1.29 is 24.2 Å². The van der Waals surface area contributed by atoms with Crippen molar-refractivity contribution in [3.63, 3.8) is 0 Å². The lowest BCUT2D eigenvalue weighted by Gasteiger charge is -2.47. The van der Waals surface area contributed by atoms with Crippen LogP contribution in [0, 0.1) is 0 Å². The van der Waals surface area contributed by atoms with Gasteiger partial charge in [0.15, 0.2) is 0 Å². The monoisotopic (exact) mass is 507 g/mol. The van der Waals surface area contributed by atoms with Gasteiger partial charge in [0.25, 0.3) is 5.91 Å². The van der Waals surface area contributed by atoms with E-state index in [1.165, 1.54) is 0 Å². The van der Waals surface area contributed by atoms with Crippen LogP contribution in [0.3, 0.4) is 0 Å². The van der Waals surface area contributed by atoms with Gasteiger partial charge in [-0.3, -0.25) is 9.59 Å². The Hall–Kier alpha value is -2.12. The van der Waals surface area contributed by atoms with Crippen molar-refractivity contribution in [2.45, 2.75) is 70.4 Å². The molecular weight excluding hydrogens is 477 g/mol. The van der Waals surface area contributed by atoms with E-state index in [9.17, 15) is 14.7 Å². The molecule has 0 saturated carbocycles. The number of benzene rings is 2. The second kappa shape index (κ2) is 11.1. The highest BCUT2D eigenvalue weighted by molar-refractivity contribution is 6.30. The topological polar surface area (TPSA) is 76.1 Å². The van der Waals surface area contributed by atoms with E-state index in [2.05, 4.69) is 0 Å². The minimum atomic E-state index is -1.07. The fraction of sp³-hybridized carbons (Fsp3) is 0.462. The normalized spacial score (nSPS) is 21.9. The molecule has 1 heterocycles. The largest absolute Gasteiger partial charge is 0.460 e. The molecule has 4 atom stereocenters. The van der Waals surface area contributed by atoms with E-state index in [4.69, 9.17) is 32.7 Å². The minimum Gasteiger partial charge on any atom is -0.460 e. The molecule has 1 fully saturated rings. The van der Waals surface area contributed by atoms with Gasteiger partial charge in [0.2, 0.25) is 0 Å². The SMILES string of the molecule is CCC(CO)N1C(=O)[C@H](CC(=O)OC(C)(C)C)O[C@@H](c2cccc(Cl)c2)[C@H]1c1ccc(Cl)cc1. The Morgan fingerprint density at radius 3 is 2.35 bits per heavy atom. The molecule has 0 spiro atoms. The maximum absolute atomic E-state index is 13.7. The molecule has 0 aliphatic carbocycles. The maximum atomic E-state index is 13.7. The summed E-state index contributed by atoms with van der Waals surface area (Å²) in [5.74, 6) is -0.900. The van der Waals surface area contributed by atoms with Gasteiger partial charge >= 0.3 is 5.97 Å². The highest BCUT2D eigenvalue weighted by atomic mass is 35.5. The number of carbonyl (C=O) groups is 2. The number of carbonyl (C=O) groups excluding carboxylic acids is 2. The Kier molecular flexibility index (Phi) is 8.63. The number of hydrogen-bond donors (Lipinski definition) is 1. The molecule has 0 aromatic heterocycles. The van der Waals surface area contributed by atoms with E-state index in [1.54, 1.807) is 49.9 Å². The molecule has 2 aromatic carbocycles. The zero-order valence-electron chi connectivity index (χ0n) is 19.8. The van der Waals surface area contributed by atoms with Crippen LogP contribution in [0.4, 0.5) is 0 Å². The number of rotatable bonds is 7. The standard InChI is InChI=1S/C26H31Cl2NO5/c1-5-20(15-30)29-23(16-9-11-18(27)12-10-16)24(17-7-6-8-19(28)13-17)33-21(25(29)32)14-22(31)34-26(2,3)4/h6-13,20-21,23-24,30H,5,14-15H2,1-4H3/t20?,21-,23+,24-/m0/s1. The first-order valence-corrected chi connectivity index (χ1v) is 12.1. The van der Waals surface area contributed by atoms with Crippen molar-refractivity contribution >= 4 is 35.1 Å². The lowest BCUT2D eigenvalue weighted by atomic mass is 9.89. The number of morpholine rings is 1. The van der Waals surface area contributed by atoms with E-state index in [0.717, 1.165) is 11.1 Å². The molecule has 34 heavy (non-hydrogen) atoms. The van der Waals surface area contributed by atoms with Crippen LogP contribution in [0.5, 0.6) is 0 Å². The van der Waals surface area contributed by atoms with Crippen molar-refractivity contribution in [3.8, 4) is 0 Å². The summed E-state index contributed by atoms with van der Waals surface area (Å²) in [4.78, 5) is 28.0. The van der Waals surface area contributed by atoms with Gasteiger partial charge < -0.3 is 19.5 Å². The molecule has 1 saturated heterocycles. The molecule has 184 valence electrons. The highest BCUT2D eigenvalue weighted by Crippen LogP contribution is 2.44. The number of esters is 1. The van der Waals surface area contributed by atoms with Gasteiger partial charge in [-0.05, 0) is 62.6 Å². The maximum Gasteiger partial charge on any atom is 0.309 e. The molecule has 8 heteroatoms. The molecule has 6 nitrogen and oxygen atoms in total. The number of aliphatic hydroxyl groups excluding tert-OH is 1. The van der Waals surface area contributed by atoms with Crippen LogP contribution >= 0.6 is 23.2 Å². The predicted octanol–water partition coefficient (Wildman–Crippen LogP) is 5.51. The Balaban J connectivity index is 2.09. The van der Waals surface area contributed by atoms with Crippen LogP contribution in [0.2, 0.25) is 10.0 Å². The summed E-state index contributed by atoms with van der Waals surface area (Å²) in [6, 6.07) is 13.4. The van der Waals surface area contributed by atoms with Gasteiger partial charge in [-0.2, -0.15) is 0 Å². The number of amides is 1. The quantitative estimate of drug-likeness (QED) is 0.500. The second-order valence-electron chi connectivity index (χ2n) is 9.38. The fourth-order valence-corrected chi connectivity index (χ4v) is 4.51. The predicted molar refractivity (Wildman–Crippen MR) is 132 cm³/mol. The fourth-order valence-electron chi connectivity index (χ4n) is 4.19. The third-order valence-electron chi connectivity index (χ3n) is 5.66. The summed E-state index contributed by atoms with van der Waals surface area (Å²) in [5, 5.41) is 11.2. The van der Waals surface area contributed by atoms with Crippen LogP contribution < -0.4 is 0 Å². The Bertz CT molecular complexity index is 1000. The van der Waals surface area contributed by atoms with Crippen molar-refractivity contribution in [2.75, 3.05) is 6.61 Å². The van der Waals surface area contributed by atoms with Gasteiger partial charge in [0.1, 0.15) is 17.8 Å². The van der Waals surface area contributed by atoms with Crippen LogP contribution in [0.1, 0.15) is 63.8 Å². The summed E-state index contributed by atoms with van der Waals surface area (Å²) >= 11 is 12.4. The summed E-state index contributed by atoms with van der Waals surface area (Å²) in [6.07, 6.45) is -1.42. The van der Waals surface area contributed by atoms with E-state index < -0.39 is 35.9 Å². The molecule has 0 radical (unpaired) electrons. The third-order valence-corrected chi connectivity index (χ3v) is 6.15. The van der Waals surface area contributed by atoms with E-state index in [0.29, 0.717) is 16.5 Å². The highest BCUT2D eigenvalue weighted by Gasteiger charge is 2.47. The molecule has 1 N–H and O–H groups in total. The smallest absolute Gasteiger partial charge is 0.309 e. The van der Waals surface area contributed by atoms with Crippen LogP contribution in [0.15, 0.2) is 48.5 Å². The van der Waals surface area contributed by atoms with Crippen molar-refractivity contribution in [1.29, 1.82) is 0 Å². The molecule has 1 aliphatic heterocycles. The Morgan fingerprint density at radius 2 is 1.79 bits per heavy atom. The lowest BCUT2D eigenvalue weighted by molar-refractivity contribution is -0.188. The average molecular weight is 508 g/mol. The third kappa shape index (κ3) is 6.30. The number of ether oxygens (including phenoxy) is 2. The van der Waals surface area contributed by atoms with E-state index in [1.807, 2.05) is 31.2 Å². The summed E-state index contributed by atoms with van der Waals surface area (Å²) < 4.78 is 11.8. The number of hydrogen-bond acceptors (Lipinski definition) is 5. The number of halogens is 2. The first-order valence-electron chi connectivity index (χ1n) is 11.3. The lowest BCUT2D eigenvalue weighted by Crippen LogP contribution is -2.56. The van der Waals surface area contributed by atoms with Gasteiger partial charge in [0, 0.05) is 10.0 Å². The van der Waals surface area contributed by atoms with Crippen LogP contribution in [0.25, 0.3) is 0 Å². The second-order valence-corrected chi connectivity index (χ2v) is 10.3. The molecule has 1 aliphatic rings. The zero-order chi connectivity index (χ0) is 25.0. The van der Waals surface area contributed by atoms with Crippen molar-refractivity contribution in [3.05, 3.63) is 69.7 Å². The van der Waals surface area contributed by atoms with E-state index >= 15 is 0 Å². The summed E-state index contributed by atoms with van der Waals surface area (Å²) in [5.41, 5.74) is 0.862.